The van der Waals surface area contributed by atoms with Crippen LogP contribution < -0.4 is 16.9 Å². The summed E-state index contributed by atoms with van der Waals surface area (Å²) >= 11 is 1.89. The lowest BCUT2D eigenvalue weighted by atomic mass is 10.0. The summed E-state index contributed by atoms with van der Waals surface area (Å²) in [5.41, 5.74) is 4.31. The lowest BCUT2D eigenvalue weighted by Crippen LogP contribution is -2.71. The van der Waals surface area contributed by atoms with Gasteiger partial charge in [-0.25, -0.2) is 19.4 Å². The maximum Gasteiger partial charge on any atom is 0.519 e. The average molecular weight is 634 g/mol. The van der Waals surface area contributed by atoms with Crippen LogP contribution in [0.3, 0.4) is 0 Å². The molecule has 2 aromatic heterocycles. The van der Waals surface area contributed by atoms with Crippen LogP contribution in [0.4, 0.5) is 18.3 Å². The van der Waals surface area contributed by atoms with E-state index >= 15 is 0 Å². The van der Waals surface area contributed by atoms with Crippen LogP contribution in [-0.2, 0) is 35.4 Å². The Morgan fingerprint density at radius 3 is 2.67 bits per heavy atom. The largest absolute Gasteiger partial charge is 0.519 e. The van der Waals surface area contributed by atoms with Gasteiger partial charge in [-0.15, -0.1) is 23.1 Å². The third-order valence-corrected chi connectivity index (χ3v) is 7.42. The zero-order valence-corrected chi connectivity index (χ0v) is 22.6. The summed E-state index contributed by atoms with van der Waals surface area (Å²) in [6, 6.07) is -1.28. The molecule has 4 rings (SSSR count). The van der Waals surface area contributed by atoms with Crippen LogP contribution in [0.2, 0.25) is 0 Å². The number of fused-ring (bicyclic) bond motifs is 1. The van der Waals surface area contributed by atoms with Crippen LogP contribution in [0, 0.1) is 6.92 Å². The fourth-order valence-electron chi connectivity index (χ4n) is 3.62. The summed E-state index contributed by atoms with van der Waals surface area (Å²) in [7, 11) is 0. The van der Waals surface area contributed by atoms with Gasteiger partial charge < -0.3 is 34.6 Å². The number of allylic oxidation sites excluding steroid dienone is 2. The number of hydrogen-bond donors (Lipinski definition) is 3. The van der Waals surface area contributed by atoms with Crippen molar-refractivity contribution in [1.29, 1.82) is 0 Å². The zero-order chi connectivity index (χ0) is 30.8. The Balaban J connectivity index is 1.56. The number of hydrogen-bond acceptors (Lipinski definition) is 14. The van der Waals surface area contributed by atoms with E-state index in [0.29, 0.717) is 6.08 Å². The molecule has 0 radical (unpaired) electrons. The van der Waals surface area contributed by atoms with Gasteiger partial charge in [-0.05, 0) is 12.5 Å². The van der Waals surface area contributed by atoms with Crippen LogP contribution in [0.25, 0.3) is 0 Å². The number of aliphatic carboxylic acids is 1. The van der Waals surface area contributed by atoms with Gasteiger partial charge in [-0.2, -0.15) is 13.2 Å². The molecule has 20 heteroatoms. The minimum Gasteiger partial charge on any atom is -0.479 e. The molecule has 0 saturated carbocycles. The number of nitrogen functional groups attached to an aromatic ring is 1. The first-order chi connectivity index (χ1) is 19.7. The first-order valence-corrected chi connectivity index (χ1v) is 13.3. The predicted octanol–water partition coefficient (Wildman–Crippen LogP) is 0.901. The summed E-state index contributed by atoms with van der Waals surface area (Å²) in [4.78, 5) is 70.6. The van der Waals surface area contributed by atoms with E-state index in [1.54, 1.807) is 0 Å². The summed E-state index contributed by atoms with van der Waals surface area (Å²) in [5.74, 6) is -5.87. The third kappa shape index (κ3) is 6.82. The number of β-lactam (4-membered cyclic amide) rings is 1. The first-order valence-electron chi connectivity index (χ1n) is 11.4. The van der Waals surface area contributed by atoms with Crippen molar-refractivity contribution in [3.8, 4) is 0 Å². The molecular formula is C22H18F3N5O10S2. The number of esters is 1. The van der Waals surface area contributed by atoms with Gasteiger partial charge in [0.25, 0.3) is 11.8 Å². The SMILES string of the molecule is Cc1oc(=O)oc1COC(=O)C1=C(C=CC(F)(F)F)CS[C@@H]2C(NC(=O)C(=NOCC(=O)O)c3csc(N)n3)C(=O)N12. The van der Waals surface area contributed by atoms with Crippen LogP contribution in [0.1, 0.15) is 17.2 Å². The Morgan fingerprint density at radius 1 is 1.33 bits per heavy atom. The first kappa shape index (κ1) is 30.4. The number of rotatable bonds is 10. The van der Waals surface area contributed by atoms with E-state index in [2.05, 4.69) is 24.7 Å². The number of amides is 2. The number of nitrogens with zero attached hydrogens (tertiary/aromatic N) is 3. The van der Waals surface area contributed by atoms with Crippen molar-refractivity contribution < 1.29 is 55.9 Å². The standard InChI is InChI=1S/C22H18F3N5O10S2/c1-8-11(40-21(36)39-8)4-37-19(35)15-9(2-3-22(23,24)25)6-41-18-14(17(34)30(15)18)28-16(33)13(29-38-5-12(31)32)10-7-42-20(26)27-10/h2-3,7,14,18H,4-6H2,1H3,(H2,26,27)(H,28,33)(H,31,32)/t14?,18-/m1/s1. The summed E-state index contributed by atoms with van der Waals surface area (Å²) < 4.78 is 53.2. The Morgan fingerprint density at radius 2 is 2.07 bits per heavy atom. The Labute approximate surface area is 239 Å². The van der Waals surface area contributed by atoms with Gasteiger partial charge >= 0.3 is 23.9 Å². The number of thiazole rings is 1. The fraction of sp³-hybridized carbons (Fsp3) is 0.318. The quantitative estimate of drug-likeness (QED) is 0.144. The minimum absolute atomic E-state index is 0.00511. The topological polar surface area (TPSA) is 217 Å². The minimum atomic E-state index is -4.73. The summed E-state index contributed by atoms with van der Waals surface area (Å²) in [5, 5.41) is 15.1. The molecule has 1 saturated heterocycles. The number of carboxylic acids is 1. The lowest BCUT2D eigenvalue weighted by molar-refractivity contribution is -0.153. The molecule has 2 aliphatic heterocycles. The van der Waals surface area contributed by atoms with Crippen molar-refractivity contribution >= 4 is 57.7 Å². The maximum atomic E-state index is 13.1. The van der Waals surface area contributed by atoms with Crippen molar-refractivity contribution in [3.05, 3.63) is 56.6 Å². The van der Waals surface area contributed by atoms with E-state index in [0.717, 1.165) is 28.0 Å². The summed E-state index contributed by atoms with van der Waals surface area (Å²) in [6.07, 6.45) is -4.22. The van der Waals surface area contributed by atoms with Crippen LogP contribution in [-0.4, -0.2) is 74.4 Å². The second kappa shape index (κ2) is 12.1. The molecule has 2 atom stereocenters. The van der Waals surface area contributed by atoms with Gasteiger partial charge in [-0.3, -0.25) is 14.5 Å². The van der Waals surface area contributed by atoms with Gasteiger partial charge in [0.05, 0.1) is 0 Å². The molecule has 0 aromatic carbocycles. The van der Waals surface area contributed by atoms with E-state index in [1.165, 1.54) is 12.3 Å². The molecule has 2 aromatic rings. The third-order valence-electron chi connectivity index (χ3n) is 5.44. The number of alkyl halides is 3. The number of carbonyl (C=O) groups is 4. The van der Waals surface area contributed by atoms with Crippen LogP contribution in [0.5, 0.6) is 0 Å². The number of aromatic nitrogens is 1. The molecule has 0 spiro atoms. The number of ether oxygens (including phenoxy) is 1. The second-order valence-electron chi connectivity index (χ2n) is 8.30. The molecular weight excluding hydrogens is 615 g/mol. The van der Waals surface area contributed by atoms with Crippen LogP contribution in [0.15, 0.2) is 47.6 Å². The summed E-state index contributed by atoms with van der Waals surface area (Å²) in [6.45, 7) is -0.158. The molecule has 15 nitrogen and oxygen atoms in total. The second-order valence-corrected chi connectivity index (χ2v) is 10.3. The monoisotopic (exact) mass is 633 g/mol. The van der Waals surface area contributed by atoms with E-state index < -0.39 is 71.8 Å². The highest BCUT2D eigenvalue weighted by Gasteiger charge is 2.54. The highest BCUT2D eigenvalue weighted by molar-refractivity contribution is 8.00. The average Bonchev–Trinajstić information content (AvgIpc) is 3.48. The van der Waals surface area contributed by atoms with E-state index in [1.807, 2.05) is 0 Å². The molecule has 0 aliphatic carbocycles. The van der Waals surface area contributed by atoms with Crippen molar-refractivity contribution in [1.82, 2.24) is 15.2 Å². The van der Waals surface area contributed by atoms with Gasteiger partial charge in [-0.1, -0.05) is 11.2 Å². The Bertz CT molecular complexity index is 1570. The highest BCUT2D eigenvalue weighted by atomic mass is 32.2. The molecule has 2 aliphatic rings. The number of nitrogens with one attached hydrogen (secondary N) is 1. The molecule has 224 valence electrons. The number of nitrogens with two attached hydrogens (primary N) is 1. The highest BCUT2D eigenvalue weighted by Crippen LogP contribution is 2.41. The molecule has 0 bridgehead atoms. The Kier molecular flexibility index (Phi) is 8.75. The van der Waals surface area contributed by atoms with E-state index in [9.17, 15) is 37.1 Å². The number of oxime groups is 1. The number of thioether (sulfide) groups is 1. The molecule has 1 fully saturated rings. The van der Waals surface area contributed by atoms with E-state index in [4.69, 9.17) is 20.0 Å². The number of halogens is 3. The number of aryl methyl sites for hydroxylation is 1. The molecule has 4 N–H and O–H groups in total. The van der Waals surface area contributed by atoms with Gasteiger partial charge in [0.2, 0.25) is 6.61 Å². The molecule has 4 heterocycles. The van der Waals surface area contributed by atoms with Gasteiger partial charge in [0.15, 0.2) is 29.0 Å². The van der Waals surface area contributed by atoms with Crippen molar-refractivity contribution in [2.75, 3.05) is 18.1 Å². The van der Waals surface area contributed by atoms with Gasteiger partial charge in [0.1, 0.15) is 22.8 Å². The smallest absolute Gasteiger partial charge is 0.479 e. The normalized spacial score (nSPS) is 19.0. The van der Waals surface area contributed by atoms with Crippen molar-refractivity contribution in [2.24, 2.45) is 5.16 Å². The number of carboxylic acid groups (broad SMARTS) is 1. The zero-order valence-electron chi connectivity index (χ0n) is 21.0. The molecule has 1 unspecified atom stereocenters. The molecule has 42 heavy (non-hydrogen) atoms. The Hall–Kier alpha value is -4.59. The number of anilines is 1. The maximum absolute atomic E-state index is 13.1. The van der Waals surface area contributed by atoms with Crippen molar-refractivity contribution in [2.45, 2.75) is 31.1 Å². The van der Waals surface area contributed by atoms with E-state index in [-0.39, 0.29) is 39.7 Å². The van der Waals surface area contributed by atoms with Gasteiger partial charge in [0, 0.05) is 17.2 Å². The lowest BCUT2D eigenvalue weighted by Gasteiger charge is -2.49. The van der Waals surface area contributed by atoms with Crippen LogP contribution >= 0.6 is 23.1 Å². The predicted molar refractivity (Wildman–Crippen MR) is 136 cm³/mol. The molecule has 2 amide bonds. The number of carbonyl (C=O) groups excluding carboxylic acids is 3. The fourth-order valence-corrected chi connectivity index (χ4v) is 5.49. The van der Waals surface area contributed by atoms with Crippen molar-refractivity contribution in [3.63, 3.8) is 0 Å².